The van der Waals surface area contributed by atoms with Gasteiger partial charge < -0.3 is 5.32 Å². The van der Waals surface area contributed by atoms with Crippen LogP contribution in [0.2, 0.25) is 0 Å². The molecule has 0 aliphatic heterocycles. The van der Waals surface area contributed by atoms with E-state index in [9.17, 15) is 4.79 Å². The third-order valence-electron chi connectivity index (χ3n) is 5.08. The molecule has 0 saturated heterocycles. The fourth-order valence-electron chi connectivity index (χ4n) is 3.36. The van der Waals surface area contributed by atoms with Gasteiger partial charge in [-0.15, -0.1) is 10.2 Å². The highest BCUT2D eigenvalue weighted by atomic mass is 32.2. The highest BCUT2D eigenvalue weighted by molar-refractivity contribution is 8.01. The molecule has 1 fully saturated rings. The van der Waals surface area contributed by atoms with E-state index >= 15 is 0 Å². The maximum Gasteiger partial charge on any atom is 0.223 e. The Balaban J connectivity index is 1.36. The van der Waals surface area contributed by atoms with Gasteiger partial charge >= 0.3 is 0 Å². The number of amides is 1. The van der Waals surface area contributed by atoms with Crippen molar-refractivity contribution >= 4 is 29.0 Å². The minimum Gasteiger partial charge on any atom is -0.355 e. The van der Waals surface area contributed by atoms with Crippen molar-refractivity contribution in [3.63, 3.8) is 0 Å². The van der Waals surface area contributed by atoms with Crippen molar-refractivity contribution in [2.45, 2.75) is 62.6 Å². The number of benzene rings is 1. The van der Waals surface area contributed by atoms with Gasteiger partial charge in [0.2, 0.25) is 5.91 Å². The largest absolute Gasteiger partial charge is 0.355 e. The van der Waals surface area contributed by atoms with Crippen LogP contribution in [0.1, 0.15) is 61.6 Å². The van der Waals surface area contributed by atoms with Crippen LogP contribution in [0.25, 0.3) is 0 Å². The zero-order chi connectivity index (χ0) is 19.1. The van der Waals surface area contributed by atoms with Crippen LogP contribution < -0.4 is 5.32 Å². The van der Waals surface area contributed by atoms with Crippen LogP contribution in [0.3, 0.4) is 0 Å². The number of nitrogens with zero attached hydrogens (tertiary/aromatic N) is 2. The van der Waals surface area contributed by atoms with Crippen molar-refractivity contribution in [2.75, 3.05) is 12.3 Å². The molecular formula is C21H29N3OS2. The number of carbonyl (C=O) groups excluding carboxylic acids is 1. The van der Waals surface area contributed by atoms with E-state index in [-0.39, 0.29) is 11.8 Å². The Morgan fingerprint density at radius 1 is 1.19 bits per heavy atom. The Bertz CT molecular complexity index is 721. The Kier molecular flexibility index (Phi) is 7.70. The predicted molar refractivity (Wildman–Crippen MR) is 114 cm³/mol. The first kappa shape index (κ1) is 20.3. The number of aromatic nitrogens is 2. The van der Waals surface area contributed by atoms with Gasteiger partial charge in [-0.1, -0.05) is 74.1 Å². The number of nitrogens with one attached hydrogen (secondary N) is 1. The van der Waals surface area contributed by atoms with E-state index in [1.165, 1.54) is 24.0 Å². The zero-order valence-electron chi connectivity index (χ0n) is 16.2. The first-order valence-corrected chi connectivity index (χ1v) is 11.7. The van der Waals surface area contributed by atoms with Crippen molar-refractivity contribution in [1.29, 1.82) is 0 Å². The molecule has 4 nitrogen and oxygen atoms in total. The molecule has 146 valence electrons. The summed E-state index contributed by atoms with van der Waals surface area (Å²) in [4.78, 5) is 12.0. The van der Waals surface area contributed by atoms with E-state index in [4.69, 9.17) is 0 Å². The SMILES string of the molecule is CC(C)c1ccc(CCc2nnc(SCCNC(=O)C3CCCC3)s2)cc1. The molecule has 0 radical (unpaired) electrons. The third kappa shape index (κ3) is 6.32. The maximum absolute atomic E-state index is 12.0. The monoisotopic (exact) mass is 403 g/mol. The minimum absolute atomic E-state index is 0.231. The standard InChI is InChI=1S/C21H29N3OS2/c1-15(2)17-10-7-16(8-11-17)9-12-19-23-24-21(27-19)26-14-13-22-20(25)18-5-3-4-6-18/h7-8,10-11,15,18H,3-6,9,12-14H2,1-2H3,(H,22,25). The van der Waals surface area contributed by atoms with Gasteiger partial charge in [-0.3, -0.25) is 4.79 Å². The van der Waals surface area contributed by atoms with Crippen molar-refractivity contribution in [1.82, 2.24) is 15.5 Å². The number of rotatable bonds is 9. The lowest BCUT2D eigenvalue weighted by Crippen LogP contribution is -2.30. The molecule has 0 spiro atoms. The lowest BCUT2D eigenvalue weighted by molar-refractivity contribution is -0.124. The number of aryl methyl sites for hydroxylation is 2. The van der Waals surface area contributed by atoms with Crippen LogP contribution in [0.5, 0.6) is 0 Å². The van der Waals surface area contributed by atoms with Gasteiger partial charge in [0.25, 0.3) is 0 Å². The molecular weight excluding hydrogens is 374 g/mol. The highest BCUT2D eigenvalue weighted by Crippen LogP contribution is 2.25. The molecule has 1 saturated carbocycles. The summed E-state index contributed by atoms with van der Waals surface area (Å²) in [5.41, 5.74) is 2.73. The zero-order valence-corrected chi connectivity index (χ0v) is 17.9. The van der Waals surface area contributed by atoms with Gasteiger partial charge in [-0.25, -0.2) is 0 Å². The molecule has 1 heterocycles. The Hall–Kier alpha value is -1.40. The molecule has 0 bridgehead atoms. The second-order valence-corrected chi connectivity index (χ2v) is 9.88. The molecule has 0 atom stereocenters. The third-order valence-corrected chi connectivity index (χ3v) is 7.19. The molecule has 3 rings (SSSR count). The van der Waals surface area contributed by atoms with Crippen molar-refractivity contribution in [3.05, 3.63) is 40.4 Å². The maximum atomic E-state index is 12.0. The summed E-state index contributed by atoms with van der Waals surface area (Å²) in [6.45, 7) is 5.14. The molecule has 1 N–H and O–H groups in total. The van der Waals surface area contributed by atoms with Crippen LogP contribution in [0.4, 0.5) is 0 Å². The molecule has 2 aromatic rings. The molecule has 0 unspecified atom stereocenters. The van der Waals surface area contributed by atoms with Crippen molar-refractivity contribution in [3.8, 4) is 0 Å². The van der Waals surface area contributed by atoms with Crippen molar-refractivity contribution in [2.24, 2.45) is 5.92 Å². The van der Waals surface area contributed by atoms with Gasteiger partial charge in [0.1, 0.15) is 5.01 Å². The second-order valence-electron chi connectivity index (χ2n) is 7.48. The number of carbonyl (C=O) groups is 1. The van der Waals surface area contributed by atoms with E-state index < -0.39 is 0 Å². The molecule has 27 heavy (non-hydrogen) atoms. The predicted octanol–water partition coefficient (Wildman–Crippen LogP) is 4.85. The fraction of sp³-hybridized carbons (Fsp3) is 0.571. The normalized spacial score (nSPS) is 14.8. The quantitative estimate of drug-likeness (QED) is 0.480. The summed E-state index contributed by atoms with van der Waals surface area (Å²) in [6, 6.07) is 8.89. The van der Waals surface area contributed by atoms with Gasteiger partial charge in [0.15, 0.2) is 4.34 Å². The molecule has 6 heteroatoms. The highest BCUT2D eigenvalue weighted by Gasteiger charge is 2.21. The Morgan fingerprint density at radius 3 is 2.63 bits per heavy atom. The summed E-state index contributed by atoms with van der Waals surface area (Å²) < 4.78 is 0.996. The number of hydrogen-bond acceptors (Lipinski definition) is 5. The topological polar surface area (TPSA) is 54.9 Å². The van der Waals surface area contributed by atoms with E-state index in [0.29, 0.717) is 12.5 Å². The fourth-order valence-corrected chi connectivity index (χ4v) is 5.18. The summed E-state index contributed by atoms with van der Waals surface area (Å²) >= 11 is 3.36. The van der Waals surface area contributed by atoms with Crippen LogP contribution >= 0.6 is 23.1 Å². The van der Waals surface area contributed by atoms with Gasteiger partial charge in [0.05, 0.1) is 0 Å². The van der Waals surface area contributed by atoms with Gasteiger partial charge in [-0.05, 0) is 36.3 Å². The molecule has 1 aromatic heterocycles. The smallest absolute Gasteiger partial charge is 0.223 e. The van der Waals surface area contributed by atoms with E-state index in [1.54, 1.807) is 23.1 Å². The average molecular weight is 404 g/mol. The Morgan fingerprint density at radius 2 is 1.93 bits per heavy atom. The van der Waals surface area contributed by atoms with Crippen LogP contribution in [-0.2, 0) is 17.6 Å². The van der Waals surface area contributed by atoms with Crippen LogP contribution in [-0.4, -0.2) is 28.4 Å². The second kappa shape index (κ2) is 10.2. The summed E-state index contributed by atoms with van der Waals surface area (Å²) in [5.74, 6) is 1.90. The molecule has 1 aliphatic carbocycles. The minimum atomic E-state index is 0.231. The summed E-state index contributed by atoms with van der Waals surface area (Å²) in [5, 5.41) is 12.7. The van der Waals surface area contributed by atoms with Gasteiger partial charge in [0, 0.05) is 24.6 Å². The lowest BCUT2D eigenvalue weighted by Gasteiger charge is -2.09. The Labute approximate surface area is 170 Å². The molecule has 1 amide bonds. The number of thioether (sulfide) groups is 1. The van der Waals surface area contributed by atoms with Crippen LogP contribution in [0.15, 0.2) is 28.6 Å². The summed E-state index contributed by atoms with van der Waals surface area (Å²) in [6.07, 6.45) is 6.43. The lowest BCUT2D eigenvalue weighted by atomic mass is 10.0. The average Bonchev–Trinajstić information content (AvgIpc) is 3.36. The molecule has 1 aliphatic rings. The molecule has 1 aromatic carbocycles. The van der Waals surface area contributed by atoms with E-state index in [0.717, 1.165) is 40.8 Å². The first-order chi connectivity index (χ1) is 13.1. The van der Waals surface area contributed by atoms with E-state index in [2.05, 4.69) is 53.6 Å². The summed E-state index contributed by atoms with van der Waals surface area (Å²) in [7, 11) is 0. The van der Waals surface area contributed by atoms with Gasteiger partial charge in [-0.2, -0.15) is 0 Å². The van der Waals surface area contributed by atoms with Crippen molar-refractivity contribution < 1.29 is 4.79 Å². The number of hydrogen-bond donors (Lipinski definition) is 1. The first-order valence-electron chi connectivity index (χ1n) is 9.93. The van der Waals surface area contributed by atoms with E-state index in [1.807, 2.05) is 0 Å². The van der Waals surface area contributed by atoms with Crippen LogP contribution in [0, 0.1) is 5.92 Å².